The van der Waals surface area contributed by atoms with Crippen LogP contribution in [0, 0.1) is 0 Å². The molecule has 3 N–H and O–H groups in total. The summed E-state index contributed by atoms with van der Waals surface area (Å²) in [5.74, 6) is -1.02. The molecule has 13 heteroatoms. The van der Waals surface area contributed by atoms with E-state index in [1.165, 1.54) is 13.2 Å². The molecular formula is C28H32F3N5O5. The number of carbonyl (C=O) groups is 2. The fraction of sp³-hybridized carbons (Fsp3) is 0.464. The molecule has 5 rings (SSSR count). The van der Waals surface area contributed by atoms with Crippen molar-refractivity contribution in [2.45, 2.75) is 50.4 Å². The first kappa shape index (κ1) is 28.5. The number of imidazole rings is 1. The van der Waals surface area contributed by atoms with Crippen LogP contribution >= 0.6 is 0 Å². The van der Waals surface area contributed by atoms with E-state index in [0.29, 0.717) is 55.3 Å². The number of amides is 2. The molecule has 0 spiro atoms. The number of methoxy groups -OCH3 is 1. The fourth-order valence-electron chi connectivity index (χ4n) is 4.92. The van der Waals surface area contributed by atoms with Crippen molar-refractivity contribution in [1.29, 1.82) is 0 Å². The van der Waals surface area contributed by atoms with Gasteiger partial charge in [-0.05, 0) is 37.5 Å². The highest BCUT2D eigenvalue weighted by molar-refractivity contribution is 6.01. The van der Waals surface area contributed by atoms with Gasteiger partial charge < -0.3 is 30.2 Å². The molecule has 2 amide bonds. The van der Waals surface area contributed by atoms with E-state index in [0.717, 1.165) is 12.8 Å². The van der Waals surface area contributed by atoms with Crippen LogP contribution < -0.4 is 25.3 Å². The zero-order valence-electron chi connectivity index (χ0n) is 22.6. The van der Waals surface area contributed by atoms with Crippen LogP contribution in [0.3, 0.4) is 0 Å². The lowest BCUT2D eigenvalue weighted by molar-refractivity contribution is -0.132. The number of carbonyl (C=O) groups excluding carboxylic acids is 2. The second-order valence-electron chi connectivity index (χ2n) is 10.3. The van der Waals surface area contributed by atoms with Gasteiger partial charge in [-0.25, -0.2) is 9.37 Å². The summed E-state index contributed by atoms with van der Waals surface area (Å²) >= 11 is 0. The van der Waals surface area contributed by atoms with Gasteiger partial charge in [-0.3, -0.25) is 14.0 Å². The minimum absolute atomic E-state index is 0.0196. The van der Waals surface area contributed by atoms with Crippen molar-refractivity contribution in [3.63, 3.8) is 0 Å². The fourth-order valence-corrected chi connectivity index (χ4v) is 4.92. The summed E-state index contributed by atoms with van der Waals surface area (Å²) in [4.78, 5) is 30.6. The number of fused-ring (bicyclic) bond motifs is 1. The number of nitrogens with one attached hydrogen (secondary N) is 1. The third-order valence-electron chi connectivity index (χ3n) is 7.40. The second-order valence-corrected chi connectivity index (χ2v) is 10.3. The number of primary amides is 1. The van der Waals surface area contributed by atoms with Crippen molar-refractivity contribution in [2.24, 2.45) is 5.73 Å². The van der Waals surface area contributed by atoms with Crippen molar-refractivity contribution in [1.82, 2.24) is 19.6 Å². The number of alkyl halides is 3. The van der Waals surface area contributed by atoms with Crippen LogP contribution in [0.15, 0.2) is 36.7 Å². The van der Waals surface area contributed by atoms with Gasteiger partial charge in [0, 0.05) is 56.3 Å². The summed E-state index contributed by atoms with van der Waals surface area (Å²) in [6, 6.07) is 6.49. The van der Waals surface area contributed by atoms with E-state index in [2.05, 4.69) is 15.2 Å². The molecule has 0 radical (unpaired) electrons. The Bertz CT molecular complexity index is 1420. The highest BCUT2D eigenvalue weighted by Gasteiger charge is 2.39. The molecule has 2 aliphatic rings. The average molecular weight is 576 g/mol. The number of rotatable bonds is 12. The van der Waals surface area contributed by atoms with Gasteiger partial charge in [0.05, 0.1) is 25.6 Å². The van der Waals surface area contributed by atoms with Gasteiger partial charge in [-0.2, -0.15) is 8.78 Å². The monoisotopic (exact) mass is 575 g/mol. The van der Waals surface area contributed by atoms with Crippen LogP contribution in [0.25, 0.3) is 16.9 Å². The smallest absolute Gasteiger partial charge is 0.387 e. The van der Waals surface area contributed by atoms with Crippen molar-refractivity contribution in [3.8, 4) is 28.5 Å². The molecule has 1 aliphatic carbocycles. The quantitative estimate of drug-likeness (QED) is 0.317. The molecule has 3 aromatic rings. The van der Waals surface area contributed by atoms with E-state index in [1.807, 2.05) is 0 Å². The molecule has 1 saturated heterocycles. The van der Waals surface area contributed by atoms with Gasteiger partial charge in [-0.1, -0.05) is 0 Å². The summed E-state index contributed by atoms with van der Waals surface area (Å²) in [5.41, 5.74) is 4.76. The Balaban J connectivity index is 1.26. The number of pyridine rings is 1. The molecule has 1 saturated carbocycles. The average Bonchev–Trinajstić information content (AvgIpc) is 3.66. The largest absolute Gasteiger partial charge is 0.496 e. The summed E-state index contributed by atoms with van der Waals surface area (Å²) in [6.07, 6.45) is 5.90. The molecule has 41 heavy (non-hydrogen) atoms. The van der Waals surface area contributed by atoms with Crippen molar-refractivity contribution in [2.75, 3.05) is 33.4 Å². The Hall–Kier alpha value is -4.00. The molecule has 0 bridgehead atoms. The standard InChI is InChI=1S/C28H32F3N5O5/c1-39-21-13-17(14-22(41-27(29)30)24(21)25(37)34-18-3-4-18)20-16-33-23-15-19(5-9-36(20)23)40-12-2-8-35-10-6-28(31,7-11-35)26(32)38/h5,9,13-16,18,27H,2-4,6-8,10-12H2,1H3,(H2,32,38)(H,34,37). The minimum Gasteiger partial charge on any atom is -0.496 e. The summed E-state index contributed by atoms with van der Waals surface area (Å²) in [6.45, 7) is -1.09. The number of aromatic nitrogens is 2. The third kappa shape index (κ3) is 6.50. The molecule has 3 heterocycles. The number of likely N-dealkylation sites (tertiary alicyclic amines) is 1. The predicted octanol–water partition coefficient (Wildman–Crippen LogP) is 3.56. The van der Waals surface area contributed by atoms with Gasteiger partial charge in [0.1, 0.15) is 28.5 Å². The zero-order chi connectivity index (χ0) is 29.1. The van der Waals surface area contributed by atoms with Crippen LogP contribution in [0.4, 0.5) is 13.2 Å². The topological polar surface area (TPSA) is 120 Å². The van der Waals surface area contributed by atoms with E-state index < -0.39 is 24.1 Å². The molecule has 220 valence electrons. The maximum Gasteiger partial charge on any atom is 0.387 e. The first-order valence-electron chi connectivity index (χ1n) is 13.5. The molecule has 1 aliphatic heterocycles. The first-order valence-corrected chi connectivity index (χ1v) is 13.5. The Morgan fingerprint density at radius 2 is 1.93 bits per heavy atom. The number of hydrogen-bond acceptors (Lipinski definition) is 7. The number of ether oxygens (including phenoxy) is 3. The van der Waals surface area contributed by atoms with Crippen molar-refractivity contribution >= 4 is 17.5 Å². The van der Waals surface area contributed by atoms with Crippen LogP contribution in [-0.2, 0) is 4.79 Å². The molecule has 2 aromatic heterocycles. The normalized spacial score (nSPS) is 17.0. The molecule has 1 aromatic carbocycles. The van der Waals surface area contributed by atoms with Gasteiger partial charge in [0.15, 0.2) is 5.67 Å². The molecular weight excluding hydrogens is 543 g/mol. The first-order chi connectivity index (χ1) is 19.7. The maximum absolute atomic E-state index is 14.3. The molecule has 0 unspecified atom stereocenters. The Morgan fingerprint density at radius 3 is 2.59 bits per heavy atom. The number of nitrogens with zero attached hydrogens (tertiary/aromatic N) is 3. The van der Waals surface area contributed by atoms with Crippen LogP contribution in [0.1, 0.15) is 42.5 Å². The van der Waals surface area contributed by atoms with Gasteiger partial charge in [-0.15, -0.1) is 0 Å². The van der Waals surface area contributed by atoms with Gasteiger partial charge in [0.2, 0.25) is 0 Å². The van der Waals surface area contributed by atoms with Crippen molar-refractivity contribution < 1.29 is 37.0 Å². The number of nitrogens with two attached hydrogens (primary N) is 1. The van der Waals surface area contributed by atoms with Crippen LogP contribution in [0.5, 0.6) is 17.2 Å². The maximum atomic E-state index is 14.3. The summed E-state index contributed by atoms with van der Waals surface area (Å²) in [5, 5.41) is 2.79. The molecule has 0 atom stereocenters. The predicted molar refractivity (Wildman–Crippen MR) is 143 cm³/mol. The van der Waals surface area contributed by atoms with E-state index in [1.54, 1.807) is 35.0 Å². The number of halogens is 3. The number of benzene rings is 1. The third-order valence-corrected chi connectivity index (χ3v) is 7.40. The van der Waals surface area contributed by atoms with Gasteiger partial charge in [0.25, 0.3) is 11.8 Å². The number of hydrogen-bond donors (Lipinski definition) is 2. The zero-order valence-corrected chi connectivity index (χ0v) is 22.6. The molecule has 10 nitrogen and oxygen atoms in total. The minimum atomic E-state index is -3.13. The molecule has 2 fully saturated rings. The second kappa shape index (κ2) is 11.9. The SMILES string of the molecule is COc1cc(-c2cnc3cc(OCCCN4CCC(F)(C(N)=O)CC4)ccn23)cc(OC(F)F)c1C(=O)NC1CC1. The Kier molecular flexibility index (Phi) is 8.25. The lowest BCUT2D eigenvalue weighted by Crippen LogP contribution is -2.49. The summed E-state index contributed by atoms with van der Waals surface area (Å²) < 4.78 is 58.7. The van der Waals surface area contributed by atoms with E-state index in [9.17, 15) is 22.8 Å². The van der Waals surface area contributed by atoms with Crippen molar-refractivity contribution in [3.05, 3.63) is 42.2 Å². The van der Waals surface area contributed by atoms with E-state index in [4.69, 9.17) is 19.9 Å². The van der Waals surface area contributed by atoms with Crippen LogP contribution in [0.2, 0.25) is 0 Å². The Labute approximate surface area is 234 Å². The van der Waals surface area contributed by atoms with E-state index in [-0.39, 0.29) is 35.9 Å². The van der Waals surface area contributed by atoms with Gasteiger partial charge >= 0.3 is 6.61 Å². The van der Waals surface area contributed by atoms with E-state index >= 15 is 0 Å². The lowest BCUT2D eigenvalue weighted by atomic mass is 9.92. The lowest BCUT2D eigenvalue weighted by Gasteiger charge is -2.34. The highest BCUT2D eigenvalue weighted by Crippen LogP contribution is 2.37. The van der Waals surface area contributed by atoms with Crippen LogP contribution in [-0.4, -0.2) is 77.8 Å². The Morgan fingerprint density at radius 1 is 1.20 bits per heavy atom. The summed E-state index contributed by atoms with van der Waals surface area (Å²) in [7, 11) is 1.36. The highest BCUT2D eigenvalue weighted by atomic mass is 19.3. The number of piperidine rings is 1.